The van der Waals surface area contributed by atoms with Crippen LogP contribution in [0.15, 0.2) is 24.3 Å². The summed E-state index contributed by atoms with van der Waals surface area (Å²) in [5, 5.41) is 4.57. The lowest BCUT2D eigenvalue weighted by molar-refractivity contribution is 0.637. The molecule has 0 unspecified atom stereocenters. The van der Waals surface area contributed by atoms with Crippen molar-refractivity contribution in [1.82, 2.24) is 4.98 Å². The van der Waals surface area contributed by atoms with Crippen LogP contribution in [0.1, 0.15) is 32.4 Å². The number of nitrogens with one attached hydrogen (secondary N) is 1. The number of pyridine rings is 1. The molecule has 3 rings (SSSR count). The van der Waals surface area contributed by atoms with E-state index in [-0.39, 0.29) is 0 Å². The Kier molecular flexibility index (Phi) is 4.00. The summed E-state index contributed by atoms with van der Waals surface area (Å²) in [5.74, 6) is 0.628. The third-order valence-corrected chi connectivity index (χ3v) is 4.20. The molecule has 3 heteroatoms. The molecule has 112 valence electrons. The highest BCUT2D eigenvalue weighted by Crippen LogP contribution is 2.29. The van der Waals surface area contributed by atoms with Crippen LogP contribution in [0.25, 0.3) is 10.9 Å². The van der Waals surface area contributed by atoms with Gasteiger partial charge in [0.25, 0.3) is 0 Å². The van der Waals surface area contributed by atoms with Crippen molar-refractivity contribution in [3.63, 3.8) is 0 Å². The van der Waals surface area contributed by atoms with Crippen LogP contribution in [-0.2, 0) is 6.42 Å². The fourth-order valence-corrected chi connectivity index (χ4v) is 3.17. The molecule has 0 bridgehead atoms. The number of fused-ring (bicyclic) bond motifs is 1. The number of nitrogens with zero attached hydrogens (tertiary/aromatic N) is 2. The minimum Gasteiger partial charge on any atom is -0.388 e. The molecule has 0 saturated carbocycles. The number of hydrogen-bond donors (Lipinski definition) is 1. The Balaban J connectivity index is 2.03. The summed E-state index contributed by atoms with van der Waals surface area (Å²) in [5.41, 5.74) is 4.79. The SMILES string of the molecule is CNc1cc(CC(C)C)nc2ccc(N3CCCC3)cc12. The molecule has 0 atom stereocenters. The standard InChI is InChI=1S/C18H25N3/c1-13(2)10-14-11-18(19-3)16-12-15(6-7-17(16)20-14)21-8-4-5-9-21/h6-7,11-13H,4-5,8-10H2,1-3H3,(H,19,20). The Hall–Kier alpha value is -1.77. The van der Waals surface area contributed by atoms with Gasteiger partial charge in [-0.25, -0.2) is 0 Å². The smallest absolute Gasteiger partial charge is 0.0727 e. The van der Waals surface area contributed by atoms with Crippen LogP contribution in [0.4, 0.5) is 11.4 Å². The molecule has 0 spiro atoms. The maximum absolute atomic E-state index is 4.83. The van der Waals surface area contributed by atoms with Crippen LogP contribution in [0, 0.1) is 5.92 Å². The van der Waals surface area contributed by atoms with Gasteiger partial charge < -0.3 is 10.2 Å². The van der Waals surface area contributed by atoms with E-state index in [2.05, 4.69) is 48.3 Å². The van der Waals surface area contributed by atoms with Crippen molar-refractivity contribution in [3.8, 4) is 0 Å². The van der Waals surface area contributed by atoms with Gasteiger partial charge >= 0.3 is 0 Å². The number of anilines is 2. The lowest BCUT2D eigenvalue weighted by Crippen LogP contribution is -2.17. The van der Waals surface area contributed by atoms with Crippen LogP contribution < -0.4 is 10.2 Å². The molecule has 1 aromatic carbocycles. The van der Waals surface area contributed by atoms with E-state index in [9.17, 15) is 0 Å². The first-order chi connectivity index (χ1) is 10.2. The minimum absolute atomic E-state index is 0.628. The first kappa shape index (κ1) is 14.2. The maximum atomic E-state index is 4.83. The van der Waals surface area contributed by atoms with Crippen molar-refractivity contribution in [2.75, 3.05) is 30.4 Å². The predicted molar refractivity (Wildman–Crippen MR) is 91.3 cm³/mol. The summed E-state index contributed by atoms with van der Waals surface area (Å²) in [7, 11) is 2.00. The van der Waals surface area contributed by atoms with Crippen LogP contribution in [0.2, 0.25) is 0 Å². The summed E-state index contributed by atoms with van der Waals surface area (Å²) in [4.78, 5) is 7.31. The average molecular weight is 283 g/mol. The van der Waals surface area contributed by atoms with E-state index in [1.165, 1.54) is 48.4 Å². The predicted octanol–water partition coefficient (Wildman–Crippen LogP) is 4.08. The molecular weight excluding hydrogens is 258 g/mol. The van der Waals surface area contributed by atoms with Crippen molar-refractivity contribution in [1.29, 1.82) is 0 Å². The quantitative estimate of drug-likeness (QED) is 0.916. The van der Waals surface area contributed by atoms with Gasteiger partial charge in [0, 0.05) is 42.6 Å². The molecule has 0 amide bonds. The highest BCUT2D eigenvalue weighted by molar-refractivity contribution is 5.93. The molecule has 1 aliphatic heterocycles. The van der Waals surface area contributed by atoms with Crippen LogP contribution in [0.3, 0.4) is 0 Å². The van der Waals surface area contributed by atoms with Gasteiger partial charge in [-0.3, -0.25) is 4.98 Å². The molecule has 0 radical (unpaired) electrons. The van der Waals surface area contributed by atoms with E-state index in [4.69, 9.17) is 4.98 Å². The van der Waals surface area contributed by atoms with Crippen LogP contribution in [-0.4, -0.2) is 25.1 Å². The molecule has 1 saturated heterocycles. The van der Waals surface area contributed by atoms with E-state index < -0.39 is 0 Å². The summed E-state index contributed by atoms with van der Waals surface area (Å²) >= 11 is 0. The number of hydrogen-bond acceptors (Lipinski definition) is 3. The van der Waals surface area contributed by atoms with E-state index in [0.29, 0.717) is 5.92 Å². The first-order valence-corrected chi connectivity index (χ1v) is 8.04. The monoisotopic (exact) mass is 283 g/mol. The molecule has 2 aromatic rings. The second kappa shape index (κ2) is 5.92. The topological polar surface area (TPSA) is 28.2 Å². The van der Waals surface area contributed by atoms with Gasteiger partial charge in [0.2, 0.25) is 0 Å². The highest BCUT2D eigenvalue weighted by Gasteiger charge is 2.14. The highest BCUT2D eigenvalue weighted by atomic mass is 15.1. The zero-order valence-electron chi connectivity index (χ0n) is 13.3. The van der Waals surface area contributed by atoms with Crippen LogP contribution in [0.5, 0.6) is 0 Å². The molecule has 1 aliphatic rings. The fraction of sp³-hybridized carbons (Fsp3) is 0.500. The summed E-state index contributed by atoms with van der Waals surface area (Å²) in [6.45, 7) is 6.83. The molecule has 21 heavy (non-hydrogen) atoms. The van der Waals surface area contributed by atoms with Gasteiger partial charge in [0.15, 0.2) is 0 Å². The number of benzene rings is 1. The largest absolute Gasteiger partial charge is 0.388 e. The lowest BCUT2D eigenvalue weighted by Gasteiger charge is -2.19. The molecule has 2 heterocycles. The van der Waals surface area contributed by atoms with E-state index >= 15 is 0 Å². The zero-order chi connectivity index (χ0) is 14.8. The Morgan fingerprint density at radius 2 is 1.95 bits per heavy atom. The van der Waals surface area contributed by atoms with Crippen molar-refractivity contribution in [2.24, 2.45) is 5.92 Å². The summed E-state index contributed by atoms with van der Waals surface area (Å²) in [6, 6.07) is 8.89. The van der Waals surface area contributed by atoms with Crippen molar-refractivity contribution in [2.45, 2.75) is 33.1 Å². The van der Waals surface area contributed by atoms with Crippen LogP contribution >= 0.6 is 0 Å². The Morgan fingerprint density at radius 1 is 1.19 bits per heavy atom. The molecular formula is C18H25N3. The third-order valence-electron chi connectivity index (χ3n) is 4.20. The molecule has 0 aliphatic carbocycles. The third kappa shape index (κ3) is 2.97. The molecule has 1 N–H and O–H groups in total. The van der Waals surface area contributed by atoms with E-state index in [1.54, 1.807) is 0 Å². The van der Waals surface area contributed by atoms with Gasteiger partial charge in [0.1, 0.15) is 0 Å². The van der Waals surface area contributed by atoms with Crippen molar-refractivity contribution < 1.29 is 0 Å². The van der Waals surface area contributed by atoms with Crippen molar-refractivity contribution in [3.05, 3.63) is 30.0 Å². The lowest BCUT2D eigenvalue weighted by atomic mass is 10.0. The summed E-state index contributed by atoms with van der Waals surface area (Å²) in [6.07, 6.45) is 3.64. The number of rotatable bonds is 4. The van der Waals surface area contributed by atoms with Crippen molar-refractivity contribution >= 4 is 22.3 Å². The number of aromatic nitrogens is 1. The zero-order valence-corrected chi connectivity index (χ0v) is 13.3. The Bertz CT molecular complexity index is 628. The normalized spacial score (nSPS) is 15.1. The van der Waals surface area contributed by atoms with E-state index in [0.717, 1.165) is 11.9 Å². The fourth-order valence-electron chi connectivity index (χ4n) is 3.17. The first-order valence-electron chi connectivity index (χ1n) is 8.04. The minimum atomic E-state index is 0.628. The molecule has 1 aromatic heterocycles. The summed E-state index contributed by atoms with van der Waals surface area (Å²) < 4.78 is 0. The Morgan fingerprint density at radius 3 is 2.62 bits per heavy atom. The van der Waals surface area contributed by atoms with Gasteiger partial charge in [-0.15, -0.1) is 0 Å². The van der Waals surface area contributed by atoms with Gasteiger partial charge in [-0.05, 0) is 49.4 Å². The Labute approximate surface area is 127 Å². The second-order valence-electron chi connectivity index (χ2n) is 6.40. The maximum Gasteiger partial charge on any atom is 0.0727 e. The molecule has 3 nitrogen and oxygen atoms in total. The second-order valence-corrected chi connectivity index (χ2v) is 6.40. The van der Waals surface area contributed by atoms with E-state index in [1.807, 2.05) is 7.05 Å². The van der Waals surface area contributed by atoms with Gasteiger partial charge in [-0.2, -0.15) is 0 Å². The van der Waals surface area contributed by atoms with Gasteiger partial charge in [-0.1, -0.05) is 13.8 Å². The van der Waals surface area contributed by atoms with Gasteiger partial charge in [0.05, 0.1) is 5.52 Å². The molecule has 1 fully saturated rings. The average Bonchev–Trinajstić information content (AvgIpc) is 2.99.